The lowest BCUT2D eigenvalue weighted by molar-refractivity contribution is 0.103. The van der Waals surface area contributed by atoms with Crippen molar-refractivity contribution in [2.45, 2.75) is 13.3 Å². The molecule has 0 radical (unpaired) electrons. The monoisotopic (exact) mass is 418 g/mol. The van der Waals surface area contributed by atoms with Gasteiger partial charge in [-0.15, -0.1) is 0 Å². The van der Waals surface area contributed by atoms with Crippen LogP contribution >= 0.6 is 35.4 Å². The molecule has 0 aliphatic rings. The van der Waals surface area contributed by atoms with Crippen LogP contribution in [0, 0.1) is 6.92 Å². The molecule has 7 heteroatoms. The van der Waals surface area contributed by atoms with E-state index < -0.39 is 0 Å². The molecule has 0 atom stereocenters. The summed E-state index contributed by atoms with van der Waals surface area (Å²) in [6.45, 7) is 1.74. The van der Waals surface area contributed by atoms with Crippen molar-refractivity contribution in [2.75, 3.05) is 0 Å². The van der Waals surface area contributed by atoms with Crippen LogP contribution in [-0.4, -0.2) is 20.6 Å². The zero-order valence-corrected chi connectivity index (χ0v) is 17.0. The Morgan fingerprint density at radius 3 is 2.56 bits per heavy atom. The number of hydrogen-bond acceptors (Lipinski definition) is 4. The fraction of sp³-hybridized carbons (Fsp3) is 0.150. The largest absolute Gasteiger partial charge is 0.431 e. The van der Waals surface area contributed by atoms with Crippen molar-refractivity contribution >= 4 is 46.3 Å². The molecule has 3 rings (SSSR count). The molecular weight excluding hydrogens is 403 g/mol. The first-order valence-electron chi connectivity index (χ1n) is 8.14. The molecule has 0 saturated heterocycles. The van der Waals surface area contributed by atoms with Crippen molar-refractivity contribution in [1.82, 2.24) is 9.78 Å². The summed E-state index contributed by atoms with van der Waals surface area (Å²) >= 11 is 17.5. The number of hydrogen-bond donors (Lipinski definition) is 0. The highest BCUT2D eigenvalue weighted by atomic mass is 35.5. The van der Waals surface area contributed by atoms with Gasteiger partial charge >= 0.3 is 0 Å². The lowest BCUT2D eigenvalue weighted by Gasteiger charge is -2.10. The molecule has 2 aromatic carbocycles. The van der Waals surface area contributed by atoms with E-state index in [2.05, 4.69) is 5.10 Å². The van der Waals surface area contributed by atoms with Gasteiger partial charge in [0, 0.05) is 24.1 Å². The van der Waals surface area contributed by atoms with Crippen LogP contribution in [0.25, 0.3) is 0 Å². The van der Waals surface area contributed by atoms with Crippen LogP contribution in [0.15, 0.2) is 48.5 Å². The SMILES string of the molecule is Cc1nn(C)c(OC(=S)Cc2ccccc2)c1C(=O)c1ccc(Cl)cc1Cl. The number of carbonyl (C=O) groups excluding carboxylic acids is 1. The van der Waals surface area contributed by atoms with Crippen LogP contribution in [0.2, 0.25) is 10.0 Å². The first kappa shape index (κ1) is 19.5. The maximum atomic E-state index is 13.1. The van der Waals surface area contributed by atoms with E-state index in [0.717, 1.165) is 5.56 Å². The normalized spacial score (nSPS) is 10.7. The molecule has 1 aromatic heterocycles. The average molecular weight is 419 g/mol. The van der Waals surface area contributed by atoms with E-state index in [-0.39, 0.29) is 10.8 Å². The number of ether oxygens (including phenoxy) is 1. The summed E-state index contributed by atoms with van der Waals surface area (Å²) in [7, 11) is 1.70. The second-order valence-corrected chi connectivity index (χ2v) is 7.28. The van der Waals surface area contributed by atoms with Crippen molar-refractivity contribution in [3.63, 3.8) is 0 Å². The molecule has 0 aliphatic carbocycles. The van der Waals surface area contributed by atoms with E-state index in [0.29, 0.717) is 39.2 Å². The molecule has 0 fully saturated rings. The van der Waals surface area contributed by atoms with Crippen LogP contribution in [0.1, 0.15) is 27.2 Å². The number of nitrogens with zero attached hydrogens (tertiary/aromatic N) is 2. The molecule has 0 amide bonds. The maximum absolute atomic E-state index is 13.1. The Morgan fingerprint density at radius 1 is 1.19 bits per heavy atom. The summed E-state index contributed by atoms with van der Waals surface area (Å²) in [6, 6.07) is 14.5. The van der Waals surface area contributed by atoms with Gasteiger partial charge in [-0.2, -0.15) is 5.10 Å². The molecular formula is C20H16Cl2N2O2S. The van der Waals surface area contributed by atoms with E-state index >= 15 is 0 Å². The first-order chi connectivity index (χ1) is 12.9. The van der Waals surface area contributed by atoms with Crippen LogP contribution in [0.5, 0.6) is 5.88 Å². The Morgan fingerprint density at radius 2 is 1.89 bits per heavy atom. The van der Waals surface area contributed by atoms with E-state index in [4.69, 9.17) is 40.2 Å². The molecule has 27 heavy (non-hydrogen) atoms. The minimum Gasteiger partial charge on any atom is -0.431 e. The predicted octanol–water partition coefficient (Wildman–Crippen LogP) is 5.22. The molecule has 0 unspecified atom stereocenters. The van der Waals surface area contributed by atoms with Gasteiger partial charge in [-0.25, -0.2) is 4.68 Å². The summed E-state index contributed by atoms with van der Waals surface area (Å²) < 4.78 is 7.35. The first-order valence-corrected chi connectivity index (χ1v) is 9.31. The topological polar surface area (TPSA) is 44.1 Å². The molecule has 1 heterocycles. The Balaban J connectivity index is 1.91. The van der Waals surface area contributed by atoms with Gasteiger partial charge in [-0.1, -0.05) is 53.5 Å². The molecule has 0 saturated carbocycles. The van der Waals surface area contributed by atoms with E-state index in [1.54, 1.807) is 26.1 Å². The van der Waals surface area contributed by atoms with Gasteiger partial charge < -0.3 is 4.74 Å². The lowest BCUT2D eigenvalue weighted by Crippen LogP contribution is -2.14. The number of halogens is 2. The lowest BCUT2D eigenvalue weighted by atomic mass is 10.0. The third-order valence-electron chi connectivity index (χ3n) is 3.97. The van der Waals surface area contributed by atoms with Crippen molar-refractivity contribution in [1.29, 1.82) is 0 Å². The maximum Gasteiger partial charge on any atom is 0.229 e. The molecule has 3 aromatic rings. The Bertz CT molecular complexity index is 1020. The van der Waals surface area contributed by atoms with Crippen LogP contribution in [-0.2, 0) is 13.5 Å². The quantitative estimate of drug-likeness (QED) is 0.421. The van der Waals surface area contributed by atoms with E-state index in [9.17, 15) is 4.79 Å². The van der Waals surface area contributed by atoms with Crippen LogP contribution in [0.4, 0.5) is 0 Å². The summed E-state index contributed by atoms with van der Waals surface area (Å²) in [5.74, 6) is 0.00391. The smallest absolute Gasteiger partial charge is 0.229 e. The van der Waals surface area contributed by atoms with Gasteiger partial charge in [0.2, 0.25) is 11.7 Å². The van der Waals surface area contributed by atoms with Crippen molar-refractivity contribution in [3.05, 3.63) is 81.0 Å². The van der Waals surface area contributed by atoms with Gasteiger partial charge in [-0.05, 0) is 42.9 Å². The van der Waals surface area contributed by atoms with Crippen molar-refractivity contribution < 1.29 is 9.53 Å². The highest BCUT2D eigenvalue weighted by Crippen LogP contribution is 2.29. The summed E-state index contributed by atoms with van der Waals surface area (Å²) in [5.41, 5.74) is 2.22. The van der Waals surface area contributed by atoms with Gasteiger partial charge in [0.05, 0.1) is 10.7 Å². The fourth-order valence-electron chi connectivity index (χ4n) is 2.73. The summed E-state index contributed by atoms with van der Waals surface area (Å²) in [5, 5.41) is 5.38. The van der Waals surface area contributed by atoms with Gasteiger partial charge in [0.25, 0.3) is 0 Å². The molecule has 4 nitrogen and oxygen atoms in total. The third kappa shape index (κ3) is 4.38. The number of carbonyl (C=O) groups is 1. The average Bonchev–Trinajstić information content (AvgIpc) is 2.88. The zero-order chi connectivity index (χ0) is 19.6. The van der Waals surface area contributed by atoms with E-state index in [1.165, 1.54) is 10.7 Å². The third-order valence-corrected chi connectivity index (χ3v) is 4.75. The molecule has 0 bridgehead atoms. The van der Waals surface area contributed by atoms with Crippen LogP contribution < -0.4 is 4.74 Å². The molecule has 0 aliphatic heterocycles. The molecule has 0 N–H and O–H groups in total. The van der Waals surface area contributed by atoms with Crippen molar-refractivity contribution in [2.24, 2.45) is 7.05 Å². The predicted molar refractivity (Wildman–Crippen MR) is 111 cm³/mol. The van der Waals surface area contributed by atoms with Gasteiger partial charge in [0.15, 0.2) is 5.05 Å². The number of benzene rings is 2. The highest BCUT2D eigenvalue weighted by molar-refractivity contribution is 7.80. The number of aromatic nitrogens is 2. The molecule has 0 spiro atoms. The van der Waals surface area contributed by atoms with Crippen molar-refractivity contribution in [3.8, 4) is 5.88 Å². The zero-order valence-electron chi connectivity index (χ0n) is 14.7. The molecule has 138 valence electrons. The number of rotatable bonds is 5. The minimum absolute atomic E-state index is 0.272. The number of aryl methyl sites for hydroxylation is 2. The summed E-state index contributed by atoms with van der Waals surface area (Å²) in [6.07, 6.45) is 0.454. The Labute approximate surface area is 172 Å². The summed E-state index contributed by atoms with van der Waals surface area (Å²) in [4.78, 5) is 13.1. The van der Waals surface area contributed by atoms with E-state index in [1.807, 2.05) is 30.3 Å². The Hall–Kier alpha value is -2.21. The highest BCUT2D eigenvalue weighted by Gasteiger charge is 2.25. The second kappa shape index (κ2) is 8.21. The Kier molecular flexibility index (Phi) is 5.95. The van der Waals surface area contributed by atoms with Gasteiger partial charge in [-0.3, -0.25) is 4.79 Å². The van der Waals surface area contributed by atoms with Gasteiger partial charge in [0.1, 0.15) is 5.56 Å². The fourth-order valence-corrected chi connectivity index (χ4v) is 3.47. The standard InChI is InChI=1S/C20H16Cl2N2O2S/c1-12-18(19(25)15-9-8-14(21)11-16(15)22)20(24(2)23-12)26-17(27)10-13-6-4-3-5-7-13/h3-9,11H,10H2,1-2H3. The minimum atomic E-state index is -0.292. The number of ketones is 1. The van der Waals surface area contributed by atoms with Crippen LogP contribution in [0.3, 0.4) is 0 Å². The second-order valence-electron chi connectivity index (χ2n) is 5.98. The number of thiocarbonyl (C=S) groups is 1.